The van der Waals surface area contributed by atoms with Gasteiger partial charge < -0.3 is 5.32 Å². The second-order valence-corrected chi connectivity index (χ2v) is 6.02. The van der Waals surface area contributed by atoms with Crippen LogP contribution in [0.3, 0.4) is 0 Å². The molecule has 0 fully saturated rings. The lowest BCUT2D eigenvalue weighted by Crippen LogP contribution is -2.26. The number of hydrogen-bond acceptors (Lipinski definition) is 4. The normalized spacial score (nSPS) is 10.8. The van der Waals surface area contributed by atoms with E-state index in [1.54, 1.807) is 10.9 Å². The van der Waals surface area contributed by atoms with E-state index < -0.39 is 0 Å². The number of aromatic amines is 1. The van der Waals surface area contributed by atoms with Gasteiger partial charge in [0.25, 0.3) is 5.91 Å². The summed E-state index contributed by atoms with van der Waals surface area (Å²) in [5.74, 6) is -0.204. The summed E-state index contributed by atoms with van der Waals surface area (Å²) in [7, 11) is 0. The highest BCUT2D eigenvalue weighted by atomic mass is 16.2. The maximum Gasteiger partial charge on any atom is 0.273 e. The molecule has 0 saturated carbocycles. The molecule has 7 heteroatoms. The molecule has 2 N–H and O–H groups in total. The molecule has 0 spiro atoms. The van der Waals surface area contributed by atoms with Crippen LogP contribution in [-0.2, 0) is 19.4 Å². The monoisotopic (exact) mass is 338 g/mol. The Balaban J connectivity index is 1.49. The first kappa shape index (κ1) is 16.9. The Morgan fingerprint density at radius 3 is 2.72 bits per heavy atom. The van der Waals surface area contributed by atoms with Gasteiger partial charge in [-0.05, 0) is 37.8 Å². The number of amides is 1. The van der Waals surface area contributed by atoms with Gasteiger partial charge in [0, 0.05) is 18.8 Å². The topological polar surface area (TPSA) is 88.5 Å². The van der Waals surface area contributed by atoms with Crippen LogP contribution in [0.1, 0.15) is 33.0 Å². The average molecular weight is 338 g/mol. The molecular weight excluding hydrogens is 316 g/mol. The SMILES string of the molecule is Cc1n[nH]c(C)c1CCNC(=O)c1cn(CCc2ccccc2)nn1. The zero-order chi connectivity index (χ0) is 17.6. The van der Waals surface area contributed by atoms with Crippen molar-refractivity contribution in [3.05, 3.63) is 64.7 Å². The Hall–Kier alpha value is -2.96. The number of aromatic nitrogens is 5. The molecule has 3 aromatic rings. The van der Waals surface area contributed by atoms with E-state index in [2.05, 4.69) is 38.0 Å². The molecular formula is C18H22N6O. The number of H-pyrrole nitrogens is 1. The van der Waals surface area contributed by atoms with Crippen molar-refractivity contribution in [1.82, 2.24) is 30.5 Å². The van der Waals surface area contributed by atoms with Gasteiger partial charge in [0.15, 0.2) is 5.69 Å². The quantitative estimate of drug-likeness (QED) is 0.688. The highest BCUT2D eigenvalue weighted by Gasteiger charge is 2.11. The number of rotatable bonds is 7. The number of carbonyl (C=O) groups is 1. The van der Waals surface area contributed by atoms with Gasteiger partial charge in [0.05, 0.1) is 11.9 Å². The molecule has 0 aliphatic rings. The lowest BCUT2D eigenvalue weighted by atomic mass is 10.1. The molecule has 2 aromatic heterocycles. The van der Waals surface area contributed by atoms with E-state index in [0.717, 1.165) is 29.8 Å². The van der Waals surface area contributed by atoms with Crippen LogP contribution in [0.4, 0.5) is 0 Å². The summed E-state index contributed by atoms with van der Waals surface area (Å²) in [6.45, 7) is 5.17. The molecule has 0 radical (unpaired) electrons. The van der Waals surface area contributed by atoms with E-state index in [1.165, 1.54) is 5.56 Å². The molecule has 0 unspecified atom stereocenters. The second kappa shape index (κ2) is 7.74. The smallest absolute Gasteiger partial charge is 0.273 e. The molecule has 130 valence electrons. The van der Waals surface area contributed by atoms with Crippen molar-refractivity contribution >= 4 is 5.91 Å². The molecule has 0 saturated heterocycles. The summed E-state index contributed by atoms with van der Waals surface area (Å²) >= 11 is 0. The molecule has 0 aliphatic carbocycles. The lowest BCUT2D eigenvalue weighted by molar-refractivity contribution is 0.0949. The second-order valence-electron chi connectivity index (χ2n) is 6.02. The third kappa shape index (κ3) is 4.32. The standard InChI is InChI=1S/C18H22N6O/c1-13-16(14(2)21-20-13)8-10-19-18(25)17-12-24(23-22-17)11-9-15-6-4-3-5-7-15/h3-7,12H,8-11H2,1-2H3,(H,19,25)(H,20,21). The minimum absolute atomic E-state index is 0.204. The molecule has 7 nitrogen and oxygen atoms in total. The van der Waals surface area contributed by atoms with Crippen LogP contribution in [0.25, 0.3) is 0 Å². The van der Waals surface area contributed by atoms with Crippen LogP contribution in [0.5, 0.6) is 0 Å². The predicted molar refractivity (Wildman–Crippen MR) is 94.3 cm³/mol. The minimum atomic E-state index is -0.204. The van der Waals surface area contributed by atoms with Crippen molar-refractivity contribution in [3.63, 3.8) is 0 Å². The maximum atomic E-state index is 12.2. The van der Waals surface area contributed by atoms with E-state index in [4.69, 9.17) is 0 Å². The average Bonchev–Trinajstić information content (AvgIpc) is 3.22. The van der Waals surface area contributed by atoms with Crippen LogP contribution >= 0.6 is 0 Å². The van der Waals surface area contributed by atoms with Crippen LogP contribution in [0.2, 0.25) is 0 Å². The molecule has 3 rings (SSSR count). The van der Waals surface area contributed by atoms with E-state index in [9.17, 15) is 4.79 Å². The molecule has 2 heterocycles. The molecule has 25 heavy (non-hydrogen) atoms. The van der Waals surface area contributed by atoms with Crippen LogP contribution in [0, 0.1) is 13.8 Å². The van der Waals surface area contributed by atoms with Gasteiger partial charge in [0.1, 0.15) is 0 Å². The number of hydrogen-bond donors (Lipinski definition) is 2. The first-order valence-electron chi connectivity index (χ1n) is 8.36. The Bertz CT molecular complexity index is 817. The van der Waals surface area contributed by atoms with Gasteiger partial charge in [-0.15, -0.1) is 5.10 Å². The highest BCUT2D eigenvalue weighted by Crippen LogP contribution is 2.09. The van der Waals surface area contributed by atoms with Crippen LogP contribution < -0.4 is 5.32 Å². The summed E-state index contributed by atoms with van der Waals surface area (Å²) in [6, 6.07) is 10.2. The molecule has 1 amide bonds. The summed E-state index contributed by atoms with van der Waals surface area (Å²) in [4.78, 5) is 12.2. The first-order chi connectivity index (χ1) is 12.1. The summed E-state index contributed by atoms with van der Waals surface area (Å²) in [6.07, 6.45) is 3.28. The Labute approximate surface area is 146 Å². The maximum absolute atomic E-state index is 12.2. The summed E-state index contributed by atoms with van der Waals surface area (Å²) < 4.78 is 1.70. The van der Waals surface area contributed by atoms with Crippen molar-refractivity contribution in [1.29, 1.82) is 0 Å². The van der Waals surface area contributed by atoms with E-state index in [1.807, 2.05) is 32.0 Å². The molecule has 0 bridgehead atoms. The minimum Gasteiger partial charge on any atom is -0.350 e. The zero-order valence-electron chi connectivity index (χ0n) is 14.5. The highest BCUT2D eigenvalue weighted by molar-refractivity contribution is 5.91. The first-order valence-corrected chi connectivity index (χ1v) is 8.36. The van der Waals surface area contributed by atoms with Gasteiger partial charge in [0.2, 0.25) is 0 Å². The Morgan fingerprint density at radius 2 is 2.00 bits per heavy atom. The van der Waals surface area contributed by atoms with Crippen LogP contribution in [0.15, 0.2) is 36.5 Å². The van der Waals surface area contributed by atoms with Crippen molar-refractivity contribution in [2.24, 2.45) is 0 Å². The molecule has 0 aliphatic heterocycles. The Kier molecular flexibility index (Phi) is 5.23. The van der Waals surface area contributed by atoms with E-state index in [-0.39, 0.29) is 5.91 Å². The van der Waals surface area contributed by atoms with E-state index in [0.29, 0.717) is 18.8 Å². The fraction of sp³-hybridized carbons (Fsp3) is 0.333. The summed E-state index contributed by atoms with van der Waals surface area (Å²) in [5.41, 5.74) is 4.73. The van der Waals surface area contributed by atoms with Gasteiger partial charge in [-0.3, -0.25) is 14.6 Å². The number of aryl methyl sites for hydroxylation is 4. The fourth-order valence-corrected chi connectivity index (χ4v) is 2.73. The van der Waals surface area contributed by atoms with Gasteiger partial charge >= 0.3 is 0 Å². The van der Waals surface area contributed by atoms with Crippen LogP contribution in [-0.4, -0.2) is 37.6 Å². The van der Waals surface area contributed by atoms with Crippen molar-refractivity contribution in [2.75, 3.05) is 6.54 Å². The fourth-order valence-electron chi connectivity index (χ4n) is 2.73. The largest absolute Gasteiger partial charge is 0.350 e. The zero-order valence-corrected chi connectivity index (χ0v) is 14.5. The third-order valence-electron chi connectivity index (χ3n) is 4.18. The Morgan fingerprint density at radius 1 is 1.20 bits per heavy atom. The molecule has 0 atom stereocenters. The number of nitrogens with one attached hydrogen (secondary N) is 2. The predicted octanol–water partition coefficient (Wildman–Crippen LogP) is 1.83. The van der Waals surface area contributed by atoms with E-state index >= 15 is 0 Å². The van der Waals surface area contributed by atoms with Gasteiger partial charge in [-0.25, -0.2) is 0 Å². The molecule has 1 aromatic carbocycles. The lowest BCUT2D eigenvalue weighted by Gasteiger charge is -2.03. The number of carbonyl (C=O) groups excluding carboxylic acids is 1. The number of benzene rings is 1. The van der Waals surface area contributed by atoms with Crippen molar-refractivity contribution in [2.45, 2.75) is 33.2 Å². The van der Waals surface area contributed by atoms with Crippen molar-refractivity contribution in [3.8, 4) is 0 Å². The van der Waals surface area contributed by atoms with Crippen molar-refractivity contribution < 1.29 is 4.79 Å². The summed E-state index contributed by atoms with van der Waals surface area (Å²) in [5, 5.41) is 18.0. The third-order valence-corrected chi connectivity index (χ3v) is 4.18. The van der Waals surface area contributed by atoms with Gasteiger partial charge in [-0.1, -0.05) is 35.5 Å². The number of nitrogens with zero attached hydrogens (tertiary/aromatic N) is 4. The van der Waals surface area contributed by atoms with Gasteiger partial charge in [-0.2, -0.15) is 5.10 Å².